The van der Waals surface area contributed by atoms with E-state index < -0.39 is 0 Å². The van der Waals surface area contributed by atoms with Crippen LogP contribution in [0.3, 0.4) is 0 Å². The van der Waals surface area contributed by atoms with Gasteiger partial charge in [-0.1, -0.05) is 17.4 Å². The normalized spacial score (nSPS) is 14.4. The number of aromatic nitrogens is 3. The van der Waals surface area contributed by atoms with Crippen LogP contribution in [0.25, 0.3) is 21.3 Å². The molecule has 5 rings (SSSR count). The van der Waals surface area contributed by atoms with E-state index in [1.54, 1.807) is 30.8 Å². The molecule has 0 saturated carbocycles. The number of nitrogens with one attached hydrogen (secondary N) is 2. The molecule has 9 heteroatoms. The molecule has 8 nitrogen and oxygen atoms in total. The minimum atomic E-state index is -0.00576. The van der Waals surface area contributed by atoms with Crippen LogP contribution in [0.4, 0.5) is 15.7 Å². The second-order valence-corrected chi connectivity index (χ2v) is 8.96. The van der Waals surface area contributed by atoms with Gasteiger partial charge in [0.1, 0.15) is 5.82 Å². The van der Waals surface area contributed by atoms with Gasteiger partial charge in [0, 0.05) is 58.4 Å². The van der Waals surface area contributed by atoms with E-state index in [4.69, 9.17) is 4.98 Å². The fourth-order valence-electron chi connectivity index (χ4n) is 3.98. The Bertz CT molecular complexity index is 1250. The second-order valence-electron chi connectivity index (χ2n) is 7.93. The lowest BCUT2D eigenvalue weighted by Gasteiger charge is -2.34. The predicted molar refractivity (Wildman–Crippen MR) is 132 cm³/mol. The van der Waals surface area contributed by atoms with E-state index in [1.807, 2.05) is 29.3 Å². The van der Waals surface area contributed by atoms with Gasteiger partial charge in [-0.05, 0) is 53.1 Å². The number of nitrogens with zero attached hydrogens (tertiary/aromatic N) is 5. The van der Waals surface area contributed by atoms with Crippen LogP contribution in [-0.2, 0) is 6.54 Å². The van der Waals surface area contributed by atoms with Crippen molar-refractivity contribution in [3.8, 4) is 11.1 Å². The number of hydrogen-bond donors (Lipinski definition) is 2. The number of hydrogen-bond acceptors (Lipinski definition) is 7. The monoisotopic (exact) mass is 459 g/mol. The Morgan fingerprint density at radius 2 is 1.82 bits per heavy atom. The number of benzene rings is 1. The van der Waals surface area contributed by atoms with Gasteiger partial charge in [-0.15, -0.1) is 0 Å². The Kier molecular flexibility index (Phi) is 6.14. The molecule has 1 aliphatic rings. The number of rotatable bonds is 5. The molecular weight excluding hydrogens is 434 g/mol. The minimum absolute atomic E-state index is 0.00576. The summed E-state index contributed by atoms with van der Waals surface area (Å²) in [4.78, 5) is 29.3. The first-order valence-corrected chi connectivity index (χ1v) is 11.7. The minimum Gasteiger partial charge on any atom is -0.341 e. The van der Waals surface area contributed by atoms with E-state index >= 15 is 0 Å². The molecule has 3 aromatic heterocycles. The van der Waals surface area contributed by atoms with Crippen LogP contribution in [0.1, 0.15) is 5.56 Å². The predicted octanol–water partition coefficient (Wildman–Crippen LogP) is 3.95. The first-order valence-electron chi connectivity index (χ1n) is 10.9. The number of urea groups is 1. The third-order valence-corrected chi connectivity index (χ3v) is 6.67. The molecule has 1 fully saturated rings. The van der Waals surface area contributed by atoms with Crippen molar-refractivity contribution in [2.24, 2.45) is 0 Å². The fourth-order valence-corrected chi connectivity index (χ4v) is 4.89. The summed E-state index contributed by atoms with van der Waals surface area (Å²) in [6.07, 6.45) is 5.44. The number of thiazole rings is 1. The summed E-state index contributed by atoms with van der Waals surface area (Å²) in [6.45, 7) is 4.02. The summed E-state index contributed by atoms with van der Waals surface area (Å²) in [5, 5.41) is 6.88. The molecule has 0 bridgehead atoms. The van der Waals surface area contributed by atoms with Crippen LogP contribution in [0.2, 0.25) is 0 Å². The lowest BCUT2D eigenvalue weighted by Crippen LogP contribution is -2.50. The maximum atomic E-state index is 11.8. The van der Waals surface area contributed by atoms with Gasteiger partial charge in [-0.3, -0.25) is 9.88 Å². The zero-order valence-electron chi connectivity index (χ0n) is 18.4. The molecule has 1 saturated heterocycles. The zero-order valence-corrected chi connectivity index (χ0v) is 19.2. The Morgan fingerprint density at radius 1 is 1.00 bits per heavy atom. The highest BCUT2D eigenvalue weighted by Gasteiger charge is 2.20. The van der Waals surface area contributed by atoms with Crippen LogP contribution in [-0.4, -0.2) is 64.0 Å². The Hall–Kier alpha value is -3.56. The topological polar surface area (TPSA) is 86.3 Å². The molecule has 4 aromatic rings. The molecule has 2 N–H and O–H groups in total. The van der Waals surface area contributed by atoms with E-state index in [0.29, 0.717) is 0 Å². The number of anilines is 2. The van der Waals surface area contributed by atoms with Crippen LogP contribution in [0.5, 0.6) is 0 Å². The van der Waals surface area contributed by atoms with Gasteiger partial charge in [0.2, 0.25) is 0 Å². The first-order chi connectivity index (χ1) is 16.2. The first kappa shape index (κ1) is 21.3. The number of amides is 2. The van der Waals surface area contributed by atoms with E-state index in [9.17, 15) is 4.79 Å². The summed E-state index contributed by atoms with van der Waals surface area (Å²) in [5.41, 5.74) is 4.43. The molecule has 4 heterocycles. The molecule has 0 spiro atoms. The van der Waals surface area contributed by atoms with Crippen molar-refractivity contribution in [1.29, 1.82) is 0 Å². The quantitative estimate of drug-likeness (QED) is 0.470. The van der Waals surface area contributed by atoms with Crippen molar-refractivity contribution in [3.05, 3.63) is 66.6 Å². The smallest absolute Gasteiger partial charge is 0.317 e. The third-order valence-electron chi connectivity index (χ3n) is 5.74. The van der Waals surface area contributed by atoms with Crippen molar-refractivity contribution in [2.45, 2.75) is 6.54 Å². The van der Waals surface area contributed by atoms with Gasteiger partial charge in [0.05, 0.1) is 10.2 Å². The van der Waals surface area contributed by atoms with E-state index in [-0.39, 0.29) is 6.03 Å². The van der Waals surface area contributed by atoms with Crippen molar-refractivity contribution in [2.75, 3.05) is 38.5 Å². The standard InChI is InChI=1S/C24H25N7OS/c1-25-24(32)31-12-10-30(11-13-31)16-17-4-9-27-22(14-17)29-23-28-20-3-2-19(15-21(20)33-23)18-5-7-26-8-6-18/h2-9,14-15H,10-13,16H2,1H3,(H,25,32)(H,27,28,29). The number of fused-ring (bicyclic) bond motifs is 1. The van der Waals surface area contributed by atoms with Gasteiger partial charge < -0.3 is 15.5 Å². The van der Waals surface area contributed by atoms with Crippen molar-refractivity contribution < 1.29 is 4.79 Å². The SMILES string of the molecule is CNC(=O)N1CCN(Cc2ccnc(Nc3nc4ccc(-c5ccncc5)cc4s3)c2)CC1. The summed E-state index contributed by atoms with van der Waals surface area (Å²) in [5.74, 6) is 0.782. The second kappa shape index (κ2) is 9.51. The molecule has 0 atom stereocenters. The van der Waals surface area contributed by atoms with Crippen molar-refractivity contribution in [1.82, 2.24) is 30.1 Å². The van der Waals surface area contributed by atoms with E-state index in [0.717, 1.165) is 65.0 Å². The molecule has 0 unspecified atom stereocenters. The third kappa shape index (κ3) is 4.94. The molecular formula is C24H25N7OS. The molecule has 33 heavy (non-hydrogen) atoms. The van der Waals surface area contributed by atoms with Crippen molar-refractivity contribution in [3.63, 3.8) is 0 Å². The van der Waals surface area contributed by atoms with Crippen LogP contribution >= 0.6 is 11.3 Å². The zero-order chi connectivity index (χ0) is 22.6. The Morgan fingerprint density at radius 3 is 2.61 bits per heavy atom. The Labute approximate surface area is 196 Å². The number of carbonyl (C=O) groups excluding carboxylic acids is 1. The summed E-state index contributed by atoms with van der Waals surface area (Å²) >= 11 is 1.62. The maximum Gasteiger partial charge on any atom is 0.317 e. The molecule has 1 aliphatic heterocycles. The molecule has 0 radical (unpaired) electrons. The van der Waals surface area contributed by atoms with Crippen LogP contribution < -0.4 is 10.6 Å². The van der Waals surface area contributed by atoms with Gasteiger partial charge in [0.25, 0.3) is 0 Å². The lowest BCUT2D eigenvalue weighted by atomic mass is 10.1. The molecule has 2 amide bonds. The summed E-state index contributed by atoms with van der Waals surface area (Å²) in [7, 11) is 1.67. The van der Waals surface area contributed by atoms with E-state index in [2.05, 4.69) is 49.8 Å². The lowest BCUT2D eigenvalue weighted by molar-refractivity contribution is 0.136. The maximum absolute atomic E-state index is 11.8. The van der Waals surface area contributed by atoms with Crippen molar-refractivity contribution >= 4 is 38.5 Å². The number of piperazine rings is 1. The molecule has 168 valence electrons. The molecule has 0 aliphatic carbocycles. The fraction of sp³-hybridized carbons (Fsp3) is 0.250. The Balaban J connectivity index is 1.25. The van der Waals surface area contributed by atoms with E-state index in [1.165, 1.54) is 5.56 Å². The van der Waals surface area contributed by atoms with Crippen LogP contribution in [0.15, 0.2) is 61.1 Å². The average Bonchev–Trinajstić information content (AvgIpc) is 3.26. The highest BCUT2D eigenvalue weighted by Crippen LogP contribution is 2.31. The van der Waals surface area contributed by atoms with Gasteiger partial charge in [-0.2, -0.15) is 0 Å². The highest BCUT2D eigenvalue weighted by molar-refractivity contribution is 7.22. The summed E-state index contributed by atoms with van der Waals surface area (Å²) in [6, 6.07) is 14.4. The van der Waals surface area contributed by atoms with Crippen LogP contribution in [0, 0.1) is 0 Å². The van der Waals surface area contributed by atoms with Gasteiger partial charge in [0.15, 0.2) is 5.13 Å². The largest absolute Gasteiger partial charge is 0.341 e. The number of pyridine rings is 2. The number of carbonyl (C=O) groups is 1. The summed E-state index contributed by atoms with van der Waals surface area (Å²) < 4.78 is 1.12. The van der Waals surface area contributed by atoms with Gasteiger partial charge >= 0.3 is 6.03 Å². The van der Waals surface area contributed by atoms with Gasteiger partial charge in [-0.25, -0.2) is 14.8 Å². The molecule has 1 aromatic carbocycles. The highest BCUT2D eigenvalue weighted by atomic mass is 32.1. The average molecular weight is 460 g/mol.